The van der Waals surface area contributed by atoms with Crippen LogP contribution in [-0.4, -0.2) is 15.5 Å². The van der Waals surface area contributed by atoms with Crippen molar-refractivity contribution in [2.75, 3.05) is 5.32 Å². The quantitative estimate of drug-likeness (QED) is 0.763. The van der Waals surface area contributed by atoms with E-state index in [0.29, 0.717) is 16.7 Å². The minimum Gasteiger partial charge on any atom is -0.322 e. The zero-order chi connectivity index (χ0) is 15.9. The number of nitrogens with one attached hydrogen (secondary N) is 2. The number of aryl methyl sites for hydroxylation is 1. The predicted octanol–water partition coefficient (Wildman–Crippen LogP) is 2.40. The number of aromatic nitrogens is 2. The largest absolute Gasteiger partial charge is 0.326 e. The molecule has 0 fully saturated rings. The molecule has 0 saturated carbocycles. The number of hydrogen-bond acceptors (Lipinski definition) is 2. The van der Waals surface area contributed by atoms with Gasteiger partial charge in [0.15, 0.2) is 11.6 Å². The molecule has 3 aromatic rings. The highest BCUT2D eigenvalue weighted by Crippen LogP contribution is 2.17. The molecule has 1 amide bonds. The zero-order valence-corrected chi connectivity index (χ0v) is 11.5. The summed E-state index contributed by atoms with van der Waals surface area (Å²) < 4.78 is 27.4. The van der Waals surface area contributed by atoms with Crippen LogP contribution >= 0.6 is 0 Å². The number of hydrogen-bond donors (Lipinski definition) is 2. The second kappa shape index (κ2) is 5.10. The fourth-order valence-corrected chi connectivity index (χ4v) is 2.16. The number of aromatic amines is 1. The lowest BCUT2D eigenvalue weighted by molar-refractivity contribution is 0.102. The number of H-pyrrole nitrogens is 1. The van der Waals surface area contributed by atoms with Gasteiger partial charge < -0.3 is 10.3 Å². The van der Waals surface area contributed by atoms with Gasteiger partial charge in [-0.05, 0) is 36.4 Å². The Hall–Kier alpha value is -2.96. The Morgan fingerprint density at radius 2 is 1.91 bits per heavy atom. The molecule has 0 radical (unpaired) electrons. The topological polar surface area (TPSA) is 66.9 Å². The molecule has 2 N–H and O–H groups in total. The molecule has 1 aromatic heterocycles. The summed E-state index contributed by atoms with van der Waals surface area (Å²) in [5.74, 6) is -2.67. The van der Waals surface area contributed by atoms with Crippen molar-refractivity contribution in [2.24, 2.45) is 7.05 Å². The first kappa shape index (κ1) is 14.0. The van der Waals surface area contributed by atoms with E-state index >= 15 is 0 Å². The van der Waals surface area contributed by atoms with Crippen molar-refractivity contribution in [1.82, 2.24) is 9.55 Å². The Labute approximate surface area is 123 Å². The molecule has 0 unspecified atom stereocenters. The molecule has 22 heavy (non-hydrogen) atoms. The number of carbonyl (C=O) groups excluding carboxylic acids is 1. The van der Waals surface area contributed by atoms with E-state index in [1.807, 2.05) is 0 Å². The van der Waals surface area contributed by atoms with Gasteiger partial charge in [0.25, 0.3) is 5.91 Å². The van der Waals surface area contributed by atoms with E-state index in [2.05, 4.69) is 10.3 Å². The summed E-state index contributed by atoms with van der Waals surface area (Å²) >= 11 is 0. The number of fused-ring (bicyclic) bond motifs is 1. The molecule has 0 aliphatic carbocycles. The van der Waals surface area contributed by atoms with Crippen LogP contribution in [0.3, 0.4) is 0 Å². The van der Waals surface area contributed by atoms with E-state index in [1.54, 1.807) is 25.2 Å². The number of amides is 1. The first-order valence-electron chi connectivity index (χ1n) is 6.41. The summed E-state index contributed by atoms with van der Waals surface area (Å²) in [7, 11) is 1.63. The Bertz CT molecular complexity index is 944. The Morgan fingerprint density at radius 3 is 2.64 bits per heavy atom. The minimum absolute atomic E-state index is 0.000511. The predicted molar refractivity (Wildman–Crippen MR) is 77.9 cm³/mol. The highest BCUT2D eigenvalue weighted by Gasteiger charge is 2.11. The van der Waals surface area contributed by atoms with Gasteiger partial charge in [-0.1, -0.05) is 0 Å². The van der Waals surface area contributed by atoms with Crippen LogP contribution in [0.5, 0.6) is 0 Å². The van der Waals surface area contributed by atoms with E-state index in [0.717, 1.165) is 12.1 Å². The van der Waals surface area contributed by atoms with Crippen LogP contribution in [0.1, 0.15) is 10.4 Å². The highest BCUT2D eigenvalue weighted by molar-refractivity contribution is 6.04. The normalized spacial score (nSPS) is 10.9. The maximum absolute atomic E-state index is 13.1. The van der Waals surface area contributed by atoms with Crippen LogP contribution < -0.4 is 11.0 Å². The first-order chi connectivity index (χ1) is 10.5. The second-order valence-corrected chi connectivity index (χ2v) is 4.80. The molecule has 0 spiro atoms. The van der Waals surface area contributed by atoms with Crippen LogP contribution in [0, 0.1) is 11.6 Å². The molecule has 0 bridgehead atoms. The van der Waals surface area contributed by atoms with Crippen molar-refractivity contribution in [2.45, 2.75) is 0 Å². The zero-order valence-electron chi connectivity index (χ0n) is 11.5. The Morgan fingerprint density at radius 1 is 1.14 bits per heavy atom. The Balaban J connectivity index is 1.90. The summed E-state index contributed by atoms with van der Waals surface area (Å²) in [5, 5.41) is 2.57. The summed E-state index contributed by atoms with van der Waals surface area (Å²) in [4.78, 5) is 26.2. The first-order valence-corrected chi connectivity index (χ1v) is 6.41. The summed E-state index contributed by atoms with van der Waals surface area (Å²) in [5.41, 5.74) is 1.43. The number of benzene rings is 2. The Kier molecular flexibility index (Phi) is 3.25. The average Bonchev–Trinajstić information content (AvgIpc) is 2.76. The van der Waals surface area contributed by atoms with Crippen molar-refractivity contribution in [3.63, 3.8) is 0 Å². The number of carbonyl (C=O) groups is 1. The number of halogens is 2. The van der Waals surface area contributed by atoms with E-state index in [9.17, 15) is 18.4 Å². The van der Waals surface area contributed by atoms with Gasteiger partial charge in [0.1, 0.15) is 0 Å². The molecular weight excluding hydrogens is 292 g/mol. The maximum atomic E-state index is 13.1. The van der Waals surface area contributed by atoms with Crippen LogP contribution in [-0.2, 0) is 7.05 Å². The fourth-order valence-electron chi connectivity index (χ4n) is 2.16. The molecule has 1 heterocycles. The third-order valence-corrected chi connectivity index (χ3v) is 3.34. The highest BCUT2D eigenvalue weighted by atomic mass is 19.2. The van der Waals surface area contributed by atoms with Gasteiger partial charge in [0.05, 0.1) is 11.0 Å². The van der Waals surface area contributed by atoms with Crippen LogP contribution in [0.2, 0.25) is 0 Å². The van der Waals surface area contributed by atoms with Gasteiger partial charge in [-0.3, -0.25) is 9.36 Å². The molecule has 0 aliphatic heterocycles. The third kappa shape index (κ3) is 2.37. The second-order valence-electron chi connectivity index (χ2n) is 4.80. The van der Waals surface area contributed by atoms with Gasteiger partial charge >= 0.3 is 5.69 Å². The van der Waals surface area contributed by atoms with Crippen LogP contribution in [0.4, 0.5) is 14.5 Å². The van der Waals surface area contributed by atoms with E-state index in [1.165, 1.54) is 10.6 Å². The lowest BCUT2D eigenvalue weighted by Crippen LogP contribution is -2.12. The molecule has 3 rings (SSSR count). The van der Waals surface area contributed by atoms with Crippen LogP contribution in [0.15, 0.2) is 41.2 Å². The van der Waals surface area contributed by atoms with E-state index in [-0.39, 0.29) is 11.3 Å². The summed E-state index contributed by atoms with van der Waals surface area (Å²) in [6.45, 7) is 0. The molecule has 0 atom stereocenters. The summed E-state index contributed by atoms with van der Waals surface area (Å²) in [6, 6.07) is 7.79. The van der Waals surface area contributed by atoms with Gasteiger partial charge in [0, 0.05) is 18.3 Å². The SMILES string of the molecule is Cn1c(=O)[nH]c2cc(NC(=O)c3ccc(F)c(F)c3)ccc21. The third-order valence-electron chi connectivity index (χ3n) is 3.34. The van der Waals surface area contributed by atoms with Crippen molar-refractivity contribution in [3.05, 3.63) is 64.1 Å². The minimum atomic E-state index is -1.09. The van der Waals surface area contributed by atoms with Crippen molar-refractivity contribution in [3.8, 4) is 0 Å². The molecular formula is C15H11F2N3O2. The molecule has 0 aliphatic rings. The standard InChI is InChI=1S/C15H11F2N3O2/c1-20-13-5-3-9(7-12(13)19-15(20)22)18-14(21)8-2-4-10(16)11(17)6-8/h2-7H,1H3,(H,18,21)(H,19,22). The average molecular weight is 303 g/mol. The van der Waals surface area contributed by atoms with Crippen molar-refractivity contribution < 1.29 is 13.6 Å². The molecule has 0 saturated heterocycles. The number of anilines is 1. The van der Waals surface area contributed by atoms with E-state index < -0.39 is 17.5 Å². The number of imidazole rings is 1. The number of nitrogens with zero attached hydrogens (tertiary/aromatic N) is 1. The summed E-state index contributed by atoms with van der Waals surface area (Å²) in [6.07, 6.45) is 0. The van der Waals surface area contributed by atoms with Gasteiger partial charge in [0.2, 0.25) is 0 Å². The van der Waals surface area contributed by atoms with Gasteiger partial charge in [-0.25, -0.2) is 13.6 Å². The lowest BCUT2D eigenvalue weighted by atomic mass is 10.2. The van der Waals surface area contributed by atoms with E-state index in [4.69, 9.17) is 0 Å². The van der Waals surface area contributed by atoms with Crippen molar-refractivity contribution in [1.29, 1.82) is 0 Å². The lowest BCUT2D eigenvalue weighted by Gasteiger charge is -2.06. The monoisotopic (exact) mass is 303 g/mol. The fraction of sp³-hybridized carbons (Fsp3) is 0.0667. The van der Waals surface area contributed by atoms with Crippen molar-refractivity contribution >= 4 is 22.6 Å². The molecule has 112 valence electrons. The smallest absolute Gasteiger partial charge is 0.322 e. The number of rotatable bonds is 2. The van der Waals surface area contributed by atoms with Gasteiger partial charge in [-0.2, -0.15) is 0 Å². The van der Waals surface area contributed by atoms with Crippen LogP contribution in [0.25, 0.3) is 11.0 Å². The molecule has 2 aromatic carbocycles. The molecule has 7 heteroatoms. The van der Waals surface area contributed by atoms with Gasteiger partial charge in [-0.15, -0.1) is 0 Å². The maximum Gasteiger partial charge on any atom is 0.326 e. The molecule has 5 nitrogen and oxygen atoms in total.